The van der Waals surface area contributed by atoms with Crippen LogP contribution in [0.15, 0.2) is 36.4 Å². The highest BCUT2D eigenvalue weighted by Gasteiger charge is 2.26. The Labute approximate surface area is 176 Å². The molecule has 2 aromatic rings. The van der Waals surface area contributed by atoms with Crippen LogP contribution in [0.1, 0.15) is 54.9 Å². The van der Waals surface area contributed by atoms with E-state index >= 15 is 0 Å². The Morgan fingerprint density at radius 2 is 1.97 bits per heavy atom. The van der Waals surface area contributed by atoms with Crippen LogP contribution in [0.3, 0.4) is 0 Å². The second kappa shape index (κ2) is 9.04. The van der Waals surface area contributed by atoms with Crippen molar-refractivity contribution in [2.24, 2.45) is 5.73 Å². The molecule has 0 saturated heterocycles. The number of carbonyl (C=O) groups is 1. The highest BCUT2D eigenvalue weighted by atomic mass is 19.1. The number of carbonyl (C=O) groups excluding carboxylic acids is 1. The average molecular weight is 413 g/mol. The first-order valence-corrected chi connectivity index (χ1v) is 10.7. The summed E-state index contributed by atoms with van der Waals surface area (Å²) in [5.41, 5.74) is 8.45. The fourth-order valence-corrected chi connectivity index (χ4v) is 4.42. The quantitative estimate of drug-likeness (QED) is 0.780. The molecule has 3 N–H and O–H groups in total. The predicted molar refractivity (Wildman–Crippen MR) is 113 cm³/mol. The summed E-state index contributed by atoms with van der Waals surface area (Å²) >= 11 is 0. The van der Waals surface area contributed by atoms with Gasteiger partial charge in [0.1, 0.15) is 23.4 Å². The Kier molecular flexibility index (Phi) is 6.23. The molecule has 1 aliphatic carbocycles. The number of aryl methyl sites for hydroxylation is 2. The predicted octanol–water partition coefficient (Wildman–Crippen LogP) is 3.97. The Hall–Kier alpha value is -2.60. The van der Waals surface area contributed by atoms with Gasteiger partial charge in [0.25, 0.3) is 0 Å². The maximum absolute atomic E-state index is 13.7. The van der Waals surface area contributed by atoms with Crippen molar-refractivity contribution in [1.29, 1.82) is 0 Å². The zero-order valence-electron chi connectivity index (χ0n) is 17.3. The zero-order valence-corrected chi connectivity index (χ0v) is 17.3. The molecule has 160 valence electrons. The summed E-state index contributed by atoms with van der Waals surface area (Å²) in [6, 6.07) is 11.0. The number of halogens is 1. The molecule has 1 atom stereocenters. The van der Waals surface area contributed by atoms with Crippen LogP contribution in [-0.4, -0.2) is 24.6 Å². The standard InChI is InChI=1S/C24H29FN2O3/c1-15-2-4-17(25)13-21(15)23-10-3-16-12-20(9-11-22(16)30-23)29-19-7-5-18(6-8-19)27-24(28)14-26/h2,4,9,11-13,18-19,23H,3,5-8,10,14,26H2,1H3,(H,27,28). The number of hydrogen-bond acceptors (Lipinski definition) is 4. The lowest BCUT2D eigenvalue weighted by Gasteiger charge is -2.30. The summed E-state index contributed by atoms with van der Waals surface area (Å²) in [6.07, 6.45) is 5.32. The van der Waals surface area contributed by atoms with Crippen LogP contribution < -0.4 is 20.5 Å². The van der Waals surface area contributed by atoms with Gasteiger partial charge in [-0.1, -0.05) is 6.07 Å². The monoisotopic (exact) mass is 412 g/mol. The second-order valence-electron chi connectivity index (χ2n) is 8.28. The lowest BCUT2D eigenvalue weighted by Crippen LogP contribution is -2.42. The molecule has 6 heteroatoms. The van der Waals surface area contributed by atoms with E-state index in [4.69, 9.17) is 15.2 Å². The molecule has 1 heterocycles. The molecule has 2 aromatic carbocycles. The van der Waals surface area contributed by atoms with Crippen LogP contribution in [0.2, 0.25) is 0 Å². The largest absolute Gasteiger partial charge is 0.490 e. The van der Waals surface area contributed by atoms with Crippen molar-refractivity contribution in [3.63, 3.8) is 0 Å². The van der Waals surface area contributed by atoms with Gasteiger partial charge in [0.15, 0.2) is 0 Å². The SMILES string of the molecule is Cc1ccc(F)cc1C1CCc2cc(OC3CCC(NC(=O)CN)CC3)ccc2O1. The van der Waals surface area contributed by atoms with Crippen molar-refractivity contribution in [2.45, 2.75) is 63.7 Å². The fraction of sp³-hybridized carbons (Fsp3) is 0.458. The minimum atomic E-state index is -0.231. The van der Waals surface area contributed by atoms with E-state index < -0.39 is 0 Å². The molecule has 4 rings (SSSR count). The number of fused-ring (bicyclic) bond motifs is 1. The summed E-state index contributed by atoms with van der Waals surface area (Å²) in [5, 5.41) is 2.96. The van der Waals surface area contributed by atoms with E-state index in [9.17, 15) is 9.18 Å². The molecule has 1 unspecified atom stereocenters. The first-order valence-electron chi connectivity index (χ1n) is 10.7. The minimum absolute atomic E-state index is 0.0350. The molecule has 1 amide bonds. The van der Waals surface area contributed by atoms with E-state index in [1.54, 1.807) is 12.1 Å². The van der Waals surface area contributed by atoms with Gasteiger partial charge in [-0.05, 0) is 92.5 Å². The van der Waals surface area contributed by atoms with E-state index in [0.717, 1.165) is 66.7 Å². The molecule has 0 bridgehead atoms. The molecule has 0 spiro atoms. The minimum Gasteiger partial charge on any atom is -0.490 e. The Morgan fingerprint density at radius 1 is 1.17 bits per heavy atom. The van der Waals surface area contributed by atoms with Gasteiger partial charge in [-0.2, -0.15) is 0 Å². The molecule has 30 heavy (non-hydrogen) atoms. The van der Waals surface area contributed by atoms with Crippen LogP contribution >= 0.6 is 0 Å². The van der Waals surface area contributed by atoms with Crippen molar-refractivity contribution in [1.82, 2.24) is 5.32 Å². The first-order chi connectivity index (χ1) is 14.5. The van der Waals surface area contributed by atoms with Crippen molar-refractivity contribution in [3.8, 4) is 11.5 Å². The average Bonchev–Trinajstić information content (AvgIpc) is 2.76. The number of ether oxygens (including phenoxy) is 2. The molecule has 1 fully saturated rings. The molecule has 0 aromatic heterocycles. The fourth-order valence-electron chi connectivity index (χ4n) is 4.42. The molecule has 1 saturated carbocycles. The van der Waals surface area contributed by atoms with E-state index in [1.165, 1.54) is 6.07 Å². The van der Waals surface area contributed by atoms with Crippen molar-refractivity contribution >= 4 is 5.91 Å². The van der Waals surface area contributed by atoms with Crippen LogP contribution in [0.25, 0.3) is 0 Å². The van der Waals surface area contributed by atoms with Crippen LogP contribution in [0, 0.1) is 12.7 Å². The zero-order chi connectivity index (χ0) is 21.1. The summed E-state index contributed by atoms with van der Waals surface area (Å²) in [6.45, 7) is 2.02. The highest BCUT2D eigenvalue weighted by Crippen LogP contribution is 2.38. The summed E-state index contributed by atoms with van der Waals surface area (Å²) in [7, 11) is 0. The third kappa shape index (κ3) is 4.75. The van der Waals surface area contributed by atoms with Crippen LogP contribution in [-0.2, 0) is 11.2 Å². The van der Waals surface area contributed by atoms with Gasteiger partial charge < -0.3 is 20.5 Å². The van der Waals surface area contributed by atoms with Gasteiger partial charge in [-0.15, -0.1) is 0 Å². The van der Waals surface area contributed by atoms with Gasteiger partial charge in [0.2, 0.25) is 5.91 Å². The molecular weight excluding hydrogens is 383 g/mol. The molecule has 1 aliphatic heterocycles. The normalized spacial score (nSPS) is 23.2. The number of nitrogens with one attached hydrogen (secondary N) is 1. The third-order valence-corrected chi connectivity index (χ3v) is 6.09. The molecule has 0 radical (unpaired) electrons. The van der Waals surface area contributed by atoms with Crippen molar-refractivity contribution in [3.05, 3.63) is 58.9 Å². The van der Waals surface area contributed by atoms with E-state index in [1.807, 2.05) is 19.1 Å². The Bertz CT molecular complexity index is 909. The van der Waals surface area contributed by atoms with E-state index in [0.29, 0.717) is 0 Å². The lowest BCUT2D eigenvalue weighted by atomic mass is 9.92. The lowest BCUT2D eigenvalue weighted by molar-refractivity contribution is -0.120. The number of rotatable bonds is 5. The second-order valence-corrected chi connectivity index (χ2v) is 8.28. The van der Waals surface area contributed by atoms with Gasteiger partial charge in [-0.25, -0.2) is 4.39 Å². The number of hydrogen-bond donors (Lipinski definition) is 2. The topological polar surface area (TPSA) is 73.6 Å². The summed E-state index contributed by atoms with van der Waals surface area (Å²) < 4.78 is 26.1. The molecule has 2 aliphatic rings. The third-order valence-electron chi connectivity index (χ3n) is 6.09. The summed E-state index contributed by atoms with van der Waals surface area (Å²) in [5.74, 6) is 1.37. The Morgan fingerprint density at radius 3 is 2.73 bits per heavy atom. The highest BCUT2D eigenvalue weighted by molar-refractivity contribution is 5.78. The van der Waals surface area contributed by atoms with E-state index in [2.05, 4.69) is 11.4 Å². The maximum atomic E-state index is 13.7. The Balaban J connectivity index is 1.36. The molecular formula is C24H29FN2O3. The van der Waals surface area contributed by atoms with Crippen molar-refractivity contribution in [2.75, 3.05) is 6.54 Å². The number of benzene rings is 2. The van der Waals surface area contributed by atoms with Crippen LogP contribution in [0.4, 0.5) is 4.39 Å². The summed E-state index contributed by atoms with van der Waals surface area (Å²) in [4.78, 5) is 11.4. The smallest absolute Gasteiger partial charge is 0.233 e. The molecule has 5 nitrogen and oxygen atoms in total. The first kappa shape index (κ1) is 20.7. The number of amides is 1. The van der Waals surface area contributed by atoms with Gasteiger partial charge in [0, 0.05) is 6.04 Å². The van der Waals surface area contributed by atoms with Crippen molar-refractivity contribution < 1.29 is 18.7 Å². The van der Waals surface area contributed by atoms with E-state index in [-0.39, 0.29) is 36.5 Å². The number of nitrogens with two attached hydrogens (primary N) is 1. The van der Waals surface area contributed by atoms with Gasteiger partial charge in [-0.3, -0.25) is 4.79 Å². The van der Waals surface area contributed by atoms with Gasteiger partial charge in [0.05, 0.1) is 12.6 Å². The maximum Gasteiger partial charge on any atom is 0.233 e. The van der Waals surface area contributed by atoms with Gasteiger partial charge >= 0.3 is 0 Å². The van der Waals surface area contributed by atoms with Crippen LogP contribution in [0.5, 0.6) is 11.5 Å².